The molecule has 1 aromatic rings. The Morgan fingerprint density at radius 2 is 2.05 bits per heavy atom. The number of guanidine groups is 1. The third kappa shape index (κ3) is 5.38. The maximum absolute atomic E-state index is 11.4. The molecule has 116 valence electrons. The molecular weight excluding hydrogens is 286 g/mol. The molecule has 1 saturated heterocycles. The molecular formula is C15H23N3O2S. The lowest BCUT2D eigenvalue weighted by Crippen LogP contribution is -2.40. The predicted octanol–water partition coefficient (Wildman–Crippen LogP) is 0.829. The lowest BCUT2D eigenvalue weighted by Gasteiger charge is -2.14. The minimum atomic E-state index is -2.80. The van der Waals surface area contributed by atoms with E-state index in [-0.39, 0.29) is 5.92 Å². The van der Waals surface area contributed by atoms with E-state index >= 15 is 0 Å². The SMILES string of the molecule is CN=C(NCCc1ccccc1)NCC1CCS(=O)(=O)C1. The van der Waals surface area contributed by atoms with Crippen molar-refractivity contribution in [2.45, 2.75) is 12.8 Å². The van der Waals surface area contributed by atoms with Crippen molar-refractivity contribution in [3.8, 4) is 0 Å². The molecule has 1 atom stereocenters. The Labute approximate surface area is 126 Å². The van der Waals surface area contributed by atoms with Crippen LogP contribution in [0.15, 0.2) is 35.3 Å². The standard InChI is InChI=1S/C15H23N3O2S/c1-16-15(17-9-7-13-5-3-2-4-6-13)18-11-14-8-10-21(19,20)12-14/h2-6,14H,7-12H2,1H3,(H2,16,17,18). The van der Waals surface area contributed by atoms with Gasteiger partial charge in [0.2, 0.25) is 0 Å². The fraction of sp³-hybridized carbons (Fsp3) is 0.533. The first-order chi connectivity index (χ1) is 10.1. The normalized spacial score (nSPS) is 21.2. The van der Waals surface area contributed by atoms with Crippen molar-refractivity contribution in [1.82, 2.24) is 10.6 Å². The van der Waals surface area contributed by atoms with E-state index in [2.05, 4.69) is 27.8 Å². The van der Waals surface area contributed by atoms with E-state index in [9.17, 15) is 8.42 Å². The summed E-state index contributed by atoms with van der Waals surface area (Å²) >= 11 is 0. The monoisotopic (exact) mass is 309 g/mol. The molecule has 1 aliphatic rings. The van der Waals surface area contributed by atoms with Crippen molar-refractivity contribution in [3.05, 3.63) is 35.9 Å². The van der Waals surface area contributed by atoms with Crippen LogP contribution < -0.4 is 10.6 Å². The van der Waals surface area contributed by atoms with Gasteiger partial charge in [-0.15, -0.1) is 0 Å². The number of rotatable bonds is 5. The third-order valence-corrected chi connectivity index (χ3v) is 5.49. The second-order valence-corrected chi connectivity index (χ2v) is 7.61. The van der Waals surface area contributed by atoms with Crippen LogP contribution in [0.1, 0.15) is 12.0 Å². The van der Waals surface area contributed by atoms with Crippen LogP contribution in [0.4, 0.5) is 0 Å². The highest BCUT2D eigenvalue weighted by Gasteiger charge is 2.27. The lowest BCUT2D eigenvalue weighted by atomic mass is 10.1. The topological polar surface area (TPSA) is 70.6 Å². The van der Waals surface area contributed by atoms with E-state index in [0.717, 1.165) is 25.3 Å². The zero-order valence-corrected chi connectivity index (χ0v) is 13.2. The first-order valence-electron chi connectivity index (χ1n) is 7.28. The molecule has 5 nitrogen and oxygen atoms in total. The van der Waals surface area contributed by atoms with Crippen LogP contribution in [-0.4, -0.2) is 46.0 Å². The van der Waals surface area contributed by atoms with Crippen molar-refractivity contribution < 1.29 is 8.42 Å². The van der Waals surface area contributed by atoms with E-state index in [1.807, 2.05) is 18.2 Å². The maximum Gasteiger partial charge on any atom is 0.190 e. The Kier molecular flexibility index (Phi) is 5.61. The summed E-state index contributed by atoms with van der Waals surface area (Å²) in [7, 11) is -1.08. The summed E-state index contributed by atoms with van der Waals surface area (Å²) in [4.78, 5) is 4.16. The summed E-state index contributed by atoms with van der Waals surface area (Å²) in [6.45, 7) is 1.46. The average molecular weight is 309 g/mol. The van der Waals surface area contributed by atoms with Crippen LogP contribution in [0.2, 0.25) is 0 Å². The van der Waals surface area contributed by atoms with Crippen molar-refractivity contribution in [3.63, 3.8) is 0 Å². The van der Waals surface area contributed by atoms with Crippen molar-refractivity contribution in [1.29, 1.82) is 0 Å². The molecule has 0 aromatic heterocycles. The molecule has 0 bridgehead atoms. The maximum atomic E-state index is 11.4. The summed E-state index contributed by atoms with van der Waals surface area (Å²) in [5.41, 5.74) is 1.28. The number of aliphatic imine (C=N–C) groups is 1. The molecule has 0 saturated carbocycles. The molecule has 0 amide bonds. The van der Waals surface area contributed by atoms with Gasteiger partial charge in [0, 0.05) is 20.1 Å². The Bertz CT molecular complexity index is 570. The highest BCUT2D eigenvalue weighted by Crippen LogP contribution is 2.17. The van der Waals surface area contributed by atoms with Gasteiger partial charge in [-0.25, -0.2) is 8.42 Å². The minimum Gasteiger partial charge on any atom is -0.356 e. The van der Waals surface area contributed by atoms with Gasteiger partial charge >= 0.3 is 0 Å². The molecule has 1 aromatic carbocycles. The van der Waals surface area contributed by atoms with E-state index in [0.29, 0.717) is 18.1 Å². The minimum absolute atomic E-state index is 0.197. The molecule has 0 radical (unpaired) electrons. The lowest BCUT2D eigenvalue weighted by molar-refractivity contribution is 0.567. The van der Waals surface area contributed by atoms with Gasteiger partial charge in [-0.1, -0.05) is 30.3 Å². The molecule has 2 N–H and O–H groups in total. The van der Waals surface area contributed by atoms with Crippen LogP contribution in [0.3, 0.4) is 0 Å². The number of nitrogens with one attached hydrogen (secondary N) is 2. The largest absolute Gasteiger partial charge is 0.356 e. The van der Waals surface area contributed by atoms with Crippen molar-refractivity contribution >= 4 is 15.8 Å². The van der Waals surface area contributed by atoms with Crippen LogP contribution in [0.25, 0.3) is 0 Å². The van der Waals surface area contributed by atoms with Crippen molar-refractivity contribution in [2.75, 3.05) is 31.6 Å². The Morgan fingerprint density at radius 3 is 2.67 bits per heavy atom. The van der Waals surface area contributed by atoms with Gasteiger partial charge in [-0.2, -0.15) is 0 Å². The summed E-state index contributed by atoms with van der Waals surface area (Å²) in [6.07, 6.45) is 1.68. The molecule has 1 heterocycles. The molecule has 1 unspecified atom stereocenters. The summed E-state index contributed by atoms with van der Waals surface area (Å²) in [5.74, 6) is 1.54. The van der Waals surface area contributed by atoms with Gasteiger partial charge < -0.3 is 10.6 Å². The molecule has 1 aliphatic heterocycles. The van der Waals surface area contributed by atoms with Crippen LogP contribution in [-0.2, 0) is 16.3 Å². The van der Waals surface area contributed by atoms with E-state index in [4.69, 9.17) is 0 Å². The van der Waals surface area contributed by atoms with Gasteiger partial charge in [0.25, 0.3) is 0 Å². The zero-order valence-electron chi connectivity index (χ0n) is 12.4. The average Bonchev–Trinajstić information content (AvgIpc) is 2.83. The Balaban J connectivity index is 1.69. The van der Waals surface area contributed by atoms with Gasteiger partial charge in [-0.3, -0.25) is 4.99 Å². The Morgan fingerprint density at radius 1 is 1.29 bits per heavy atom. The van der Waals surface area contributed by atoms with E-state index < -0.39 is 9.84 Å². The smallest absolute Gasteiger partial charge is 0.190 e. The number of nitrogens with zero attached hydrogens (tertiary/aromatic N) is 1. The quantitative estimate of drug-likeness (QED) is 0.624. The van der Waals surface area contributed by atoms with E-state index in [1.165, 1.54) is 5.56 Å². The number of hydrogen-bond donors (Lipinski definition) is 2. The predicted molar refractivity (Wildman–Crippen MR) is 86.3 cm³/mol. The van der Waals surface area contributed by atoms with Gasteiger partial charge in [-0.05, 0) is 24.3 Å². The zero-order chi connectivity index (χ0) is 15.1. The summed E-state index contributed by atoms with van der Waals surface area (Å²) in [6, 6.07) is 10.3. The molecule has 0 aliphatic carbocycles. The first-order valence-corrected chi connectivity index (χ1v) is 9.10. The van der Waals surface area contributed by atoms with Gasteiger partial charge in [0.15, 0.2) is 15.8 Å². The highest BCUT2D eigenvalue weighted by atomic mass is 32.2. The van der Waals surface area contributed by atoms with Crippen LogP contribution >= 0.6 is 0 Å². The molecule has 0 spiro atoms. The molecule has 1 fully saturated rings. The number of sulfone groups is 1. The fourth-order valence-electron chi connectivity index (χ4n) is 2.46. The molecule has 21 heavy (non-hydrogen) atoms. The third-order valence-electron chi connectivity index (χ3n) is 3.66. The summed E-state index contributed by atoms with van der Waals surface area (Å²) in [5, 5.41) is 6.46. The van der Waals surface area contributed by atoms with Crippen LogP contribution in [0, 0.1) is 5.92 Å². The second-order valence-electron chi connectivity index (χ2n) is 5.38. The summed E-state index contributed by atoms with van der Waals surface area (Å²) < 4.78 is 22.8. The van der Waals surface area contributed by atoms with Crippen LogP contribution in [0.5, 0.6) is 0 Å². The number of benzene rings is 1. The number of hydrogen-bond acceptors (Lipinski definition) is 3. The van der Waals surface area contributed by atoms with E-state index in [1.54, 1.807) is 7.05 Å². The van der Waals surface area contributed by atoms with Crippen molar-refractivity contribution in [2.24, 2.45) is 10.9 Å². The second kappa shape index (κ2) is 7.45. The van der Waals surface area contributed by atoms with Gasteiger partial charge in [0.05, 0.1) is 11.5 Å². The Hall–Kier alpha value is -1.56. The first kappa shape index (κ1) is 15.8. The molecule has 6 heteroatoms. The molecule has 2 rings (SSSR count). The van der Waals surface area contributed by atoms with Gasteiger partial charge in [0.1, 0.15) is 0 Å². The fourth-order valence-corrected chi connectivity index (χ4v) is 4.33. The highest BCUT2D eigenvalue weighted by molar-refractivity contribution is 7.91.